The molecule has 6 aromatic rings. The summed E-state index contributed by atoms with van der Waals surface area (Å²) in [5, 5.41) is 3.18. The predicted octanol–water partition coefficient (Wildman–Crippen LogP) is 7.79. The number of para-hydroxylation sites is 1. The van der Waals surface area contributed by atoms with Crippen molar-refractivity contribution in [1.82, 2.24) is 19.9 Å². The van der Waals surface area contributed by atoms with Crippen molar-refractivity contribution >= 4 is 50.3 Å². The molecule has 9 heteroatoms. The fourth-order valence-electron chi connectivity index (χ4n) is 4.42. The average molecular weight is 550 g/mol. The number of carbonyl (C=O) groups is 1. The molecule has 1 N–H and O–H groups in total. The van der Waals surface area contributed by atoms with Crippen molar-refractivity contribution in [2.24, 2.45) is 0 Å². The summed E-state index contributed by atoms with van der Waals surface area (Å²) in [7, 11) is 0. The summed E-state index contributed by atoms with van der Waals surface area (Å²) < 4.78 is 13.1. The predicted molar refractivity (Wildman–Crippen MR) is 158 cm³/mol. The van der Waals surface area contributed by atoms with Crippen molar-refractivity contribution < 1.29 is 13.9 Å². The molecule has 0 radical (unpaired) electrons. The zero-order valence-corrected chi connectivity index (χ0v) is 22.9. The number of thiophene rings is 1. The molecule has 0 fully saturated rings. The molecular formula is C31H27N5O3S. The molecule has 0 aliphatic carbocycles. The maximum absolute atomic E-state index is 11.9. The number of hydrogen-bond acceptors (Lipinski definition) is 8. The number of hydrogen-bond donors (Lipinski definition) is 1. The lowest BCUT2D eigenvalue weighted by molar-refractivity contribution is -0.129. The number of benzene rings is 2. The van der Waals surface area contributed by atoms with Crippen LogP contribution in [0.2, 0.25) is 0 Å². The topological polar surface area (TPSA) is 93.4 Å². The highest BCUT2D eigenvalue weighted by Gasteiger charge is 2.14. The van der Waals surface area contributed by atoms with E-state index in [-0.39, 0.29) is 5.91 Å². The van der Waals surface area contributed by atoms with Gasteiger partial charge in [-0.3, -0.25) is 14.8 Å². The molecule has 0 spiro atoms. The molecule has 6 rings (SSSR count). The minimum Gasteiger partial charge on any atom is -0.456 e. The number of aromatic nitrogens is 3. The van der Waals surface area contributed by atoms with E-state index in [4.69, 9.17) is 9.15 Å². The Bertz CT molecular complexity index is 1780. The van der Waals surface area contributed by atoms with Crippen LogP contribution in [0.3, 0.4) is 0 Å². The maximum Gasteiger partial charge on any atom is 0.300 e. The van der Waals surface area contributed by atoms with Crippen LogP contribution in [0.25, 0.3) is 31.9 Å². The van der Waals surface area contributed by atoms with Crippen molar-refractivity contribution in [3.63, 3.8) is 0 Å². The highest BCUT2D eigenvalue weighted by molar-refractivity contribution is 7.22. The third kappa shape index (κ3) is 5.50. The van der Waals surface area contributed by atoms with E-state index in [9.17, 15) is 4.79 Å². The maximum atomic E-state index is 11.9. The lowest BCUT2D eigenvalue weighted by Gasteiger charge is -2.20. The van der Waals surface area contributed by atoms with Crippen molar-refractivity contribution in [3.8, 4) is 22.1 Å². The highest BCUT2D eigenvalue weighted by Crippen LogP contribution is 2.39. The summed E-state index contributed by atoms with van der Waals surface area (Å²) >= 11 is 1.58. The van der Waals surface area contributed by atoms with Crippen LogP contribution >= 0.6 is 11.3 Å². The molecule has 200 valence electrons. The second-order valence-electron chi connectivity index (χ2n) is 9.37. The van der Waals surface area contributed by atoms with Gasteiger partial charge in [0.25, 0.3) is 6.01 Å². The largest absolute Gasteiger partial charge is 0.456 e. The Kier molecular flexibility index (Phi) is 7.11. The van der Waals surface area contributed by atoms with Crippen molar-refractivity contribution in [3.05, 3.63) is 90.8 Å². The van der Waals surface area contributed by atoms with Gasteiger partial charge in [0.05, 0.1) is 20.8 Å². The van der Waals surface area contributed by atoms with Crippen LogP contribution in [-0.2, 0) is 11.3 Å². The molecule has 0 saturated heterocycles. The molecule has 0 unspecified atom stereocenters. The van der Waals surface area contributed by atoms with Gasteiger partial charge in [0.2, 0.25) is 5.91 Å². The van der Waals surface area contributed by atoms with Crippen LogP contribution in [-0.4, -0.2) is 32.3 Å². The van der Waals surface area contributed by atoms with E-state index in [0.29, 0.717) is 35.2 Å². The van der Waals surface area contributed by atoms with Crippen LogP contribution in [0.5, 0.6) is 11.5 Å². The highest BCUT2D eigenvalue weighted by atomic mass is 32.1. The van der Waals surface area contributed by atoms with Gasteiger partial charge in [0.15, 0.2) is 5.58 Å². The van der Waals surface area contributed by atoms with E-state index < -0.39 is 0 Å². The number of carbonyl (C=O) groups excluding carboxylic acids is 1. The monoisotopic (exact) mass is 549 g/mol. The quantitative estimate of drug-likeness (QED) is 0.197. The van der Waals surface area contributed by atoms with Gasteiger partial charge in [-0.2, -0.15) is 4.98 Å². The summed E-state index contributed by atoms with van der Waals surface area (Å²) in [4.78, 5) is 28.5. The van der Waals surface area contributed by atoms with E-state index >= 15 is 0 Å². The molecule has 4 heterocycles. The van der Waals surface area contributed by atoms with Gasteiger partial charge in [0, 0.05) is 50.2 Å². The van der Waals surface area contributed by atoms with Gasteiger partial charge >= 0.3 is 0 Å². The molecule has 0 bridgehead atoms. The number of nitrogens with zero attached hydrogens (tertiary/aromatic N) is 4. The summed E-state index contributed by atoms with van der Waals surface area (Å²) in [6.07, 6.45) is 4.50. The second kappa shape index (κ2) is 11.2. The van der Waals surface area contributed by atoms with Crippen LogP contribution in [0.1, 0.15) is 25.8 Å². The lowest BCUT2D eigenvalue weighted by atomic mass is 10.2. The smallest absolute Gasteiger partial charge is 0.300 e. The Balaban J connectivity index is 1.21. The molecule has 0 aliphatic rings. The first-order valence-electron chi connectivity index (χ1n) is 13.1. The Morgan fingerprint density at radius 2 is 1.90 bits per heavy atom. The number of fused-ring (bicyclic) bond motifs is 2. The minimum atomic E-state index is 0.0704. The first-order chi connectivity index (χ1) is 19.6. The number of rotatable bonds is 9. The van der Waals surface area contributed by atoms with E-state index in [0.717, 1.165) is 45.0 Å². The van der Waals surface area contributed by atoms with Gasteiger partial charge in [-0.1, -0.05) is 31.2 Å². The van der Waals surface area contributed by atoms with Crippen LogP contribution in [0, 0.1) is 0 Å². The lowest BCUT2D eigenvalue weighted by Crippen LogP contribution is -2.28. The Morgan fingerprint density at radius 1 is 1.02 bits per heavy atom. The van der Waals surface area contributed by atoms with E-state index in [2.05, 4.69) is 27.2 Å². The normalized spacial score (nSPS) is 11.2. The second-order valence-corrected chi connectivity index (χ2v) is 10.4. The molecule has 8 nitrogen and oxygen atoms in total. The minimum absolute atomic E-state index is 0.0704. The third-order valence-corrected chi connectivity index (χ3v) is 7.54. The molecular weight excluding hydrogens is 522 g/mol. The van der Waals surface area contributed by atoms with E-state index in [1.54, 1.807) is 24.5 Å². The van der Waals surface area contributed by atoms with Gasteiger partial charge in [-0.05, 0) is 48.4 Å². The van der Waals surface area contributed by atoms with E-state index in [1.165, 1.54) is 0 Å². The van der Waals surface area contributed by atoms with Crippen LogP contribution < -0.4 is 10.1 Å². The zero-order valence-electron chi connectivity index (χ0n) is 22.1. The van der Waals surface area contributed by atoms with Gasteiger partial charge in [0.1, 0.15) is 17.0 Å². The van der Waals surface area contributed by atoms with Crippen molar-refractivity contribution in [1.29, 1.82) is 0 Å². The Hall–Kier alpha value is -4.76. The fraction of sp³-hybridized carbons (Fsp3) is 0.161. The first kappa shape index (κ1) is 25.5. The molecule has 2 aromatic carbocycles. The van der Waals surface area contributed by atoms with Crippen LogP contribution in [0.4, 0.5) is 11.7 Å². The Labute approximate surface area is 235 Å². The van der Waals surface area contributed by atoms with Crippen molar-refractivity contribution in [2.75, 3.05) is 11.9 Å². The molecule has 1 amide bonds. The summed E-state index contributed by atoms with van der Waals surface area (Å²) in [5.74, 6) is 1.43. The van der Waals surface area contributed by atoms with Crippen LogP contribution in [0.15, 0.2) is 89.6 Å². The van der Waals surface area contributed by atoms with Gasteiger partial charge in [-0.15, -0.1) is 11.3 Å². The summed E-state index contributed by atoms with van der Waals surface area (Å²) in [6.45, 7) is 4.96. The first-order valence-corrected chi connectivity index (χ1v) is 13.9. The van der Waals surface area contributed by atoms with Gasteiger partial charge in [-0.25, -0.2) is 0 Å². The number of ether oxygens (including phenoxy) is 1. The number of amides is 1. The molecule has 0 saturated carbocycles. The summed E-state index contributed by atoms with van der Waals surface area (Å²) in [6, 6.07) is 23.7. The number of anilines is 2. The molecule has 40 heavy (non-hydrogen) atoms. The fourth-order valence-corrected chi connectivity index (χ4v) is 5.46. The van der Waals surface area contributed by atoms with Gasteiger partial charge < -0.3 is 19.4 Å². The SMILES string of the molecule is CCCN(Cc1ccc(-c2cc3nccc(Oc4ccc5oc(Nc6ccccc6)nc5c4)c3s2)nc1)C(C)=O. The number of oxazole rings is 1. The standard InChI is InChI=1S/C31H27N5O3S/c1-3-15-36(20(2)37)19-21-9-11-24(33-18-21)29-17-26-30(40-29)28(13-14-32-26)38-23-10-12-27-25(16-23)35-31(39-27)34-22-7-5-4-6-8-22/h4-14,16-18H,3,15,19H2,1-2H3,(H,34,35). The van der Waals surface area contributed by atoms with E-state index in [1.807, 2.05) is 83.9 Å². The molecule has 4 aromatic heterocycles. The molecule has 0 aliphatic heterocycles. The summed E-state index contributed by atoms with van der Waals surface area (Å²) in [5.41, 5.74) is 4.95. The molecule has 0 atom stereocenters. The Morgan fingerprint density at radius 3 is 2.67 bits per heavy atom. The zero-order chi connectivity index (χ0) is 27.5. The third-order valence-electron chi connectivity index (χ3n) is 6.38. The average Bonchev–Trinajstić information content (AvgIpc) is 3.58. The number of nitrogens with one attached hydrogen (secondary N) is 1. The van der Waals surface area contributed by atoms with Crippen molar-refractivity contribution in [2.45, 2.75) is 26.8 Å². The number of pyridine rings is 2.